The largest absolute Gasteiger partial charge is 0.872 e. The molecule has 3 aromatic rings. The number of benzene rings is 3. The molecule has 1 aliphatic rings. The second-order valence-electron chi connectivity index (χ2n) is 10.4. The molecule has 1 aliphatic carbocycles. The molecule has 0 saturated heterocycles. The molecule has 0 unspecified atom stereocenters. The number of aromatic carboxylic acids is 1. The lowest BCUT2D eigenvalue weighted by Crippen LogP contribution is -2.30. The van der Waals surface area contributed by atoms with Gasteiger partial charge in [-0.15, -0.1) is 0 Å². The summed E-state index contributed by atoms with van der Waals surface area (Å²) in [4.78, 5) is 26.5. The zero-order valence-corrected chi connectivity index (χ0v) is 22.6. The Morgan fingerprint density at radius 2 is 1.54 bits per heavy atom. The summed E-state index contributed by atoms with van der Waals surface area (Å²) in [5.41, 5.74) is 4.17. The van der Waals surface area contributed by atoms with Gasteiger partial charge in [0.05, 0.1) is 12.1 Å². The standard InChI is InChI=1S/C34H37NO4/c1-2-3-6-26-9-11-27(12-10-26)13-14-28-15-17-29(18-16-28)24-35(33(37)22-19-25-7-4-5-8-25)30-20-21-32(36)31(23-30)34(38)39/h9-12,15-18,20-21,23,25,36H,2-8,19,22,24H2,1H3,(H,38,39)/p-1. The summed E-state index contributed by atoms with van der Waals surface area (Å²) in [6.07, 6.45) is 9.43. The van der Waals surface area contributed by atoms with Gasteiger partial charge in [-0.1, -0.05) is 87.0 Å². The van der Waals surface area contributed by atoms with E-state index in [-0.39, 0.29) is 18.0 Å². The molecule has 39 heavy (non-hydrogen) atoms. The van der Waals surface area contributed by atoms with Gasteiger partial charge in [0.15, 0.2) is 0 Å². The molecule has 1 saturated carbocycles. The Labute approximate surface area is 231 Å². The van der Waals surface area contributed by atoms with E-state index in [1.54, 1.807) is 4.90 Å². The van der Waals surface area contributed by atoms with Crippen molar-refractivity contribution in [2.24, 2.45) is 5.92 Å². The third-order valence-corrected chi connectivity index (χ3v) is 7.47. The molecule has 5 heteroatoms. The van der Waals surface area contributed by atoms with Gasteiger partial charge in [0, 0.05) is 23.2 Å². The van der Waals surface area contributed by atoms with Crippen LogP contribution in [0.25, 0.3) is 0 Å². The summed E-state index contributed by atoms with van der Waals surface area (Å²) >= 11 is 0. The number of hydrogen-bond acceptors (Lipinski definition) is 3. The van der Waals surface area contributed by atoms with Crippen LogP contribution in [0.15, 0.2) is 66.7 Å². The molecule has 202 valence electrons. The number of amides is 1. The lowest BCUT2D eigenvalue weighted by atomic mass is 10.0. The van der Waals surface area contributed by atoms with Crippen LogP contribution in [0, 0.1) is 17.8 Å². The van der Waals surface area contributed by atoms with Gasteiger partial charge in [-0.2, -0.15) is 0 Å². The van der Waals surface area contributed by atoms with Crippen LogP contribution in [0.3, 0.4) is 0 Å². The van der Waals surface area contributed by atoms with Crippen molar-refractivity contribution in [1.82, 2.24) is 0 Å². The number of carbonyl (C=O) groups excluding carboxylic acids is 1. The summed E-state index contributed by atoms with van der Waals surface area (Å²) in [7, 11) is 0. The molecule has 3 aromatic carbocycles. The third-order valence-electron chi connectivity index (χ3n) is 7.47. The van der Waals surface area contributed by atoms with Crippen molar-refractivity contribution in [3.63, 3.8) is 0 Å². The van der Waals surface area contributed by atoms with Crippen molar-refractivity contribution >= 4 is 17.6 Å². The first-order chi connectivity index (χ1) is 18.9. The minimum Gasteiger partial charge on any atom is -0.872 e. The fourth-order valence-electron chi connectivity index (χ4n) is 5.09. The van der Waals surface area contributed by atoms with Crippen LogP contribution in [0.4, 0.5) is 5.69 Å². The number of aryl methyl sites for hydroxylation is 1. The summed E-state index contributed by atoms with van der Waals surface area (Å²) in [6, 6.07) is 20.2. The first kappa shape index (κ1) is 28.0. The quantitative estimate of drug-likeness (QED) is 0.300. The maximum Gasteiger partial charge on any atom is 0.335 e. The molecule has 1 amide bonds. The van der Waals surface area contributed by atoms with Gasteiger partial charge < -0.3 is 15.1 Å². The highest BCUT2D eigenvalue weighted by atomic mass is 16.4. The first-order valence-corrected chi connectivity index (χ1v) is 14.0. The number of rotatable bonds is 10. The predicted molar refractivity (Wildman–Crippen MR) is 153 cm³/mol. The van der Waals surface area contributed by atoms with Gasteiger partial charge in [-0.25, -0.2) is 4.79 Å². The Morgan fingerprint density at radius 3 is 2.13 bits per heavy atom. The molecule has 4 rings (SSSR count). The highest BCUT2D eigenvalue weighted by Crippen LogP contribution is 2.30. The van der Waals surface area contributed by atoms with Crippen LogP contribution in [-0.2, 0) is 17.8 Å². The lowest BCUT2D eigenvalue weighted by molar-refractivity contribution is -0.268. The summed E-state index contributed by atoms with van der Waals surface area (Å²) in [5.74, 6) is 5.06. The Kier molecular flexibility index (Phi) is 9.80. The minimum absolute atomic E-state index is 0.0665. The van der Waals surface area contributed by atoms with Crippen LogP contribution in [-0.4, -0.2) is 17.0 Å². The van der Waals surface area contributed by atoms with Crippen LogP contribution >= 0.6 is 0 Å². The smallest absolute Gasteiger partial charge is 0.335 e. The second-order valence-corrected chi connectivity index (χ2v) is 10.4. The van der Waals surface area contributed by atoms with Crippen molar-refractivity contribution in [2.45, 2.75) is 71.3 Å². The molecule has 0 aromatic heterocycles. The average molecular weight is 523 g/mol. The first-order valence-electron chi connectivity index (χ1n) is 14.0. The molecule has 0 bridgehead atoms. The Morgan fingerprint density at radius 1 is 0.923 bits per heavy atom. The van der Waals surface area contributed by atoms with E-state index in [1.807, 2.05) is 24.3 Å². The molecule has 0 spiro atoms. The van der Waals surface area contributed by atoms with E-state index in [4.69, 9.17) is 0 Å². The van der Waals surface area contributed by atoms with Gasteiger partial charge in [0.1, 0.15) is 0 Å². The number of carboxylic acid groups (broad SMARTS) is 1. The molecular formula is C34H36NO4-. The normalized spacial score (nSPS) is 13.1. The van der Waals surface area contributed by atoms with E-state index in [1.165, 1.54) is 49.4 Å². The van der Waals surface area contributed by atoms with Crippen LogP contribution in [0.2, 0.25) is 0 Å². The average Bonchev–Trinajstić information content (AvgIpc) is 3.48. The summed E-state index contributed by atoms with van der Waals surface area (Å²) < 4.78 is 0. The minimum atomic E-state index is -1.29. The highest BCUT2D eigenvalue weighted by Gasteiger charge is 2.21. The molecule has 0 atom stereocenters. The van der Waals surface area contributed by atoms with Crippen molar-refractivity contribution in [2.75, 3.05) is 4.90 Å². The molecule has 5 nitrogen and oxygen atoms in total. The predicted octanol–water partition coefficient (Wildman–Crippen LogP) is 6.70. The molecule has 1 fully saturated rings. The fourth-order valence-corrected chi connectivity index (χ4v) is 5.09. The van der Waals surface area contributed by atoms with E-state index in [0.717, 1.165) is 42.4 Å². The summed E-state index contributed by atoms with van der Waals surface area (Å²) in [5, 5.41) is 21.5. The van der Waals surface area contributed by atoms with Crippen LogP contribution in [0.5, 0.6) is 5.75 Å². The molecular weight excluding hydrogens is 486 g/mol. The maximum absolute atomic E-state index is 13.4. The number of nitrogens with zero attached hydrogens (tertiary/aromatic N) is 1. The van der Waals surface area contributed by atoms with Crippen molar-refractivity contribution < 1.29 is 19.8 Å². The number of carbonyl (C=O) groups is 2. The van der Waals surface area contributed by atoms with Gasteiger partial charge in [0.2, 0.25) is 5.91 Å². The molecule has 0 aliphatic heterocycles. The van der Waals surface area contributed by atoms with Gasteiger partial charge in [-0.3, -0.25) is 4.79 Å². The molecule has 0 heterocycles. The topological polar surface area (TPSA) is 80.7 Å². The molecule has 0 radical (unpaired) electrons. The zero-order valence-electron chi connectivity index (χ0n) is 22.6. The van der Waals surface area contributed by atoms with Gasteiger partial charge in [-0.05, 0) is 72.7 Å². The Bertz CT molecular complexity index is 1330. The fraction of sp³-hybridized carbons (Fsp3) is 0.353. The van der Waals surface area contributed by atoms with E-state index in [9.17, 15) is 19.8 Å². The Hall–Kier alpha value is -4.04. The number of carboxylic acids is 1. The lowest BCUT2D eigenvalue weighted by Gasteiger charge is -2.25. The van der Waals surface area contributed by atoms with Gasteiger partial charge in [0.25, 0.3) is 0 Å². The van der Waals surface area contributed by atoms with Crippen LogP contribution in [0.1, 0.15) is 90.9 Å². The third kappa shape index (κ3) is 7.97. The highest BCUT2D eigenvalue weighted by molar-refractivity contribution is 5.97. The van der Waals surface area contributed by atoms with Crippen molar-refractivity contribution in [3.05, 3.63) is 94.5 Å². The van der Waals surface area contributed by atoms with E-state index < -0.39 is 11.7 Å². The van der Waals surface area contributed by atoms with Crippen LogP contribution < -0.4 is 10.0 Å². The number of hydrogen-bond donors (Lipinski definition) is 1. The number of unbranched alkanes of at least 4 members (excludes halogenated alkanes) is 1. The Balaban J connectivity index is 1.48. The van der Waals surface area contributed by atoms with Crippen molar-refractivity contribution in [1.29, 1.82) is 0 Å². The van der Waals surface area contributed by atoms with E-state index >= 15 is 0 Å². The zero-order chi connectivity index (χ0) is 27.6. The summed E-state index contributed by atoms with van der Waals surface area (Å²) in [6.45, 7) is 2.48. The van der Waals surface area contributed by atoms with E-state index in [2.05, 4.69) is 43.0 Å². The second kappa shape index (κ2) is 13.7. The monoisotopic (exact) mass is 522 g/mol. The van der Waals surface area contributed by atoms with E-state index in [0.29, 0.717) is 18.0 Å². The van der Waals surface area contributed by atoms with Gasteiger partial charge >= 0.3 is 5.97 Å². The number of anilines is 1. The SMILES string of the molecule is CCCCc1ccc(C#Cc2ccc(CN(C(=O)CCC3CCCC3)c3ccc([O-])c(C(=O)O)c3)cc2)cc1. The van der Waals surface area contributed by atoms with Crippen molar-refractivity contribution in [3.8, 4) is 17.6 Å². The maximum atomic E-state index is 13.4. The molecule has 1 N–H and O–H groups in total.